The number of ether oxygens (including phenoxy) is 2. The summed E-state index contributed by atoms with van der Waals surface area (Å²) < 4.78 is 13.0. The summed E-state index contributed by atoms with van der Waals surface area (Å²) in [4.78, 5) is 37.1. The minimum atomic E-state index is -0.438. The highest BCUT2D eigenvalue weighted by molar-refractivity contribution is 6.04. The molecule has 9 nitrogen and oxygen atoms in total. The maximum Gasteiger partial charge on any atom is 0.410 e. The van der Waals surface area contributed by atoms with Gasteiger partial charge in [0.2, 0.25) is 11.8 Å². The van der Waals surface area contributed by atoms with E-state index in [2.05, 4.69) is 9.97 Å². The summed E-state index contributed by atoms with van der Waals surface area (Å²) in [6.45, 7) is 6.16. The van der Waals surface area contributed by atoms with Crippen LogP contribution >= 0.6 is 0 Å². The second-order valence-corrected chi connectivity index (χ2v) is 7.51. The molecule has 0 unspecified atom stereocenters. The number of hydrogen-bond acceptors (Lipinski definition) is 6. The minimum absolute atomic E-state index is 0.0000445. The number of aromatic nitrogens is 3. The first-order chi connectivity index (χ1) is 15.6. The number of carbonyl (C=O) groups is 2. The molecule has 2 amide bonds. The number of piperazine rings is 1. The summed E-state index contributed by atoms with van der Waals surface area (Å²) in [6, 6.07) is 9.40. The van der Waals surface area contributed by atoms with Crippen molar-refractivity contribution in [3.63, 3.8) is 0 Å². The average Bonchev–Trinajstić information content (AvgIpc) is 3.19. The van der Waals surface area contributed by atoms with E-state index in [1.165, 1.54) is 4.90 Å². The van der Waals surface area contributed by atoms with E-state index < -0.39 is 6.09 Å². The van der Waals surface area contributed by atoms with Crippen molar-refractivity contribution in [1.29, 1.82) is 0 Å². The molecule has 0 spiro atoms. The second kappa shape index (κ2) is 9.67. The van der Waals surface area contributed by atoms with Crippen molar-refractivity contribution in [1.82, 2.24) is 19.4 Å². The molecule has 3 aromatic rings. The first-order valence-corrected chi connectivity index (χ1v) is 10.8. The van der Waals surface area contributed by atoms with E-state index in [1.54, 1.807) is 17.2 Å². The van der Waals surface area contributed by atoms with Gasteiger partial charge < -0.3 is 18.9 Å². The van der Waals surface area contributed by atoms with Gasteiger partial charge in [-0.2, -0.15) is 4.98 Å². The molecule has 1 fully saturated rings. The van der Waals surface area contributed by atoms with Crippen LogP contribution in [0.3, 0.4) is 0 Å². The van der Waals surface area contributed by atoms with Gasteiger partial charge in [-0.1, -0.05) is 13.0 Å². The predicted octanol–water partition coefficient (Wildman–Crippen LogP) is 3.23. The molecule has 0 N–H and O–H groups in total. The number of anilines is 1. The van der Waals surface area contributed by atoms with Crippen molar-refractivity contribution in [3.8, 4) is 5.88 Å². The Bertz CT molecular complexity index is 1100. The van der Waals surface area contributed by atoms with Gasteiger partial charge in [-0.05, 0) is 31.5 Å². The number of aryl methyl sites for hydroxylation is 1. The van der Waals surface area contributed by atoms with Crippen LogP contribution in [0.1, 0.15) is 26.0 Å². The highest BCUT2D eigenvalue weighted by Gasteiger charge is 2.30. The Labute approximate surface area is 186 Å². The van der Waals surface area contributed by atoms with E-state index in [1.807, 2.05) is 48.9 Å². The Balaban J connectivity index is 1.52. The van der Waals surface area contributed by atoms with Crippen LogP contribution in [0, 0.1) is 0 Å². The fourth-order valence-electron chi connectivity index (χ4n) is 3.66. The number of amides is 2. The number of rotatable bonds is 7. The monoisotopic (exact) mass is 437 g/mol. The van der Waals surface area contributed by atoms with E-state index in [4.69, 9.17) is 9.47 Å². The minimum Gasteiger partial charge on any atom is -0.471 e. The summed E-state index contributed by atoms with van der Waals surface area (Å²) in [6.07, 6.45) is 3.97. The first-order valence-electron chi connectivity index (χ1n) is 10.8. The SMILES string of the molecule is CCCOC(=O)N1CCN(c2cn(CC)c3nc(OCc4ccccn4)ccc23)C(=O)C1. The van der Waals surface area contributed by atoms with Gasteiger partial charge in [0.15, 0.2) is 0 Å². The summed E-state index contributed by atoms with van der Waals surface area (Å²) in [5.74, 6) is 0.354. The van der Waals surface area contributed by atoms with Crippen LogP contribution in [0.15, 0.2) is 42.7 Å². The Kier molecular flexibility index (Phi) is 6.53. The molecule has 1 aliphatic heterocycles. The van der Waals surface area contributed by atoms with Crippen molar-refractivity contribution in [2.75, 3.05) is 31.1 Å². The van der Waals surface area contributed by atoms with Crippen molar-refractivity contribution < 1.29 is 19.1 Å². The second-order valence-electron chi connectivity index (χ2n) is 7.51. The van der Waals surface area contributed by atoms with Gasteiger partial charge in [-0.15, -0.1) is 0 Å². The van der Waals surface area contributed by atoms with E-state index in [9.17, 15) is 9.59 Å². The van der Waals surface area contributed by atoms with Crippen molar-refractivity contribution in [2.24, 2.45) is 0 Å². The summed E-state index contributed by atoms with van der Waals surface area (Å²) in [5, 5.41) is 0.868. The number of nitrogens with zero attached hydrogens (tertiary/aromatic N) is 5. The third-order valence-corrected chi connectivity index (χ3v) is 5.31. The molecule has 1 aliphatic rings. The lowest BCUT2D eigenvalue weighted by molar-refractivity contribution is -0.120. The maximum absolute atomic E-state index is 12.9. The number of carbonyl (C=O) groups excluding carboxylic acids is 2. The number of hydrogen-bond donors (Lipinski definition) is 0. The zero-order valence-corrected chi connectivity index (χ0v) is 18.4. The molecule has 3 aromatic heterocycles. The van der Waals surface area contributed by atoms with Crippen molar-refractivity contribution in [3.05, 3.63) is 48.4 Å². The van der Waals surface area contributed by atoms with E-state index in [0.29, 0.717) is 38.7 Å². The molecular weight excluding hydrogens is 410 g/mol. The average molecular weight is 438 g/mol. The first kappa shape index (κ1) is 21.6. The smallest absolute Gasteiger partial charge is 0.410 e. The predicted molar refractivity (Wildman–Crippen MR) is 120 cm³/mol. The van der Waals surface area contributed by atoms with Crippen LogP contribution < -0.4 is 9.64 Å². The highest BCUT2D eigenvalue weighted by Crippen LogP contribution is 2.31. The lowest BCUT2D eigenvalue weighted by Crippen LogP contribution is -2.52. The van der Waals surface area contributed by atoms with Crippen LogP contribution in [0.2, 0.25) is 0 Å². The Morgan fingerprint density at radius 2 is 2.03 bits per heavy atom. The van der Waals surface area contributed by atoms with E-state index in [-0.39, 0.29) is 12.5 Å². The molecule has 0 bridgehead atoms. The molecule has 0 saturated carbocycles. The van der Waals surface area contributed by atoms with Gasteiger partial charge in [0.1, 0.15) is 18.8 Å². The fourth-order valence-corrected chi connectivity index (χ4v) is 3.66. The number of fused-ring (bicyclic) bond motifs is 1. The summed E-state index contributed by atoms with van der Waals surface area (Å²) >= 11 is 0. The Morgan fingerprint density at radius 1 is 1.16 bits per heavy atom. The van der Waals surface area contributed by atoms with Crippen molar-refractivity contribution in [2.45, 2.75) is 33.4 Å². The molecule has 0 radical (unpaired) electrons. The lowest BCUT2D eigenvalue weighted by atomic mass is 10.2. The van der Waals surface area contributed by atoms with Crippen molar-refractivity contribution >= 4 is 28.7 Å². The van der Waals surface area contributed by atoms with E-state index >= 15 is 0 Å². The molecule has 0 aliphatic carbocycles. The van der Waals surface area contributed by atoms with Crippen LogP contribution in [0.4, 0.5) is 10.5 Å². The quantitative estimate of drug-likeness (QED) is 0.564. The van der Waals surface area contributed by atoms with Crippen LogP contribution in [0.5, 0.6) is 5.88 Å². The van der Waals surface area contributed by atoms with Gasteiger partial charge in [0, 0.05) is 43.5 Å². The largest absolute Gasteiger partial charge is 0.471 e. The highest BCUT2D eigenvalue weighted by atomic mass is 16.6. The third kappa shape index (κ3) is 4.51. The molecule has 168 valence electrons. The van der Waals surface area contributed by atoms with Gasteiger partial charge in [-0.25, -0.2) is 4.79 Å². The van der Waals surface area contributed by atoms with Gasteiger partial charge in [0.05, 0.1) is 18.0 Å². The maximum atomic E-state index is 12.9. The Morgan fingerprint density at radius 3 is 2.75 bits per heavy atom. The molecule has 9 heteroatoms. The zero-order valence-electron chi connectivity index (χ0n) is 18.4. The molecule has 0 aromatic carbocycles. The normalized spacial score (nSPS) is 14.1. The molecule has 1 saturated heterocycles. The molecule has 4 rings (SSSR count). The molecular formula is C23H27N5O4. The van der Waals surface area contributed by atoms with Gasteiger partial charge >= 0.3 is 6.09 Å². The molecule has 4 heterocycles. The van der Waals surface area contributed by atoms with Crippen LogP contribution in [-0.2, 0) is 22.7 Å². The van der Waals surface area contributed by atoms with Gasteiger partial charge in [-0.3, -0.25) is 14.7 Å². The Hall–Kier alpha value is -3.62. The topological polar surface area (TPSA) is 89.8 Å². The lowest BCUT2D eigenvalue weighted by Gasteiger charge is -2.33. The summed E-state index contributed by atoms with van der Waals surface area (Å²) in [5.41, 5.74) is 2.36. The molecule has 0 atom stereocenters. The van der Waals surface area contributed by atoms with Crippen LogP contribution in [-0.4, -0.2) is 57.7 Å². The van der Waals surface area contributed by atoms with Crippen LogP contribution in [0.25, 0.3) is 11.0 Å². The van der Waals surface area contributed by atoms with Gasteiger partial charge in [0.25, 0.3) is 0 Å². The van der Waals surface area contributed by atoms with E-state index in [0.717, 1.165) is 28.8 Å². The molecule has 32 heavy (non-hydrogen) atoms. The third-order valence-electron chi connectivity index (χ3n) is 5.31. The summed E-state index contributed by atoms with van der Waals surface area (Å²) in [7, 11) is 0. The zero-order chi connectivity index (χ0) is 22.5. The number of pyridine rings is 2. The fraction of sp³-hybridized carbons (Fsp3) is 0.391. The standard InChI is InChI=1S/C23H27N5O4/c1-3-13-31-23(30)27-11-12-28(21(29)15-27)19-14-26(4-2)22-18(19)8-9-20(25-22)32-16-17-7-5-6-10-24-17/h5-10,14H,3-4,11-13,15-16H2,1-2H3.